The van der Waals surface area contributed by atoms with E-state index in [-0.39, 0.29) is 12.1 Å². The second kappa shape index (κ2) is 11.0. The Labute approximate surface area is 201 Å². The molecule has 1 saturated heterocycles. The molecule has 0 atom stereocenters. The molecule has 7 heteroatoms. The Morgan fingerprint density at radius 2 is 1.76 bits per heavy atom. The first-order valence-electron chi connectivity index (χ1n) is 11.7. The maximum absolute atomic E-state index is 12.5. The minimum atomic E-state index is -0.323. The maximum Gasteiger partial charge on any atom is 0.342 e. The van der Waals surface area contributed by atoms with Crippen LogP contribution in [0.1, 0.15) is 35.3 Å². The van der Waals surface area contributed by atoms with Crippen LogP contribution in [0.2, 0.25) is 0 Å². The highest BCUT2D eigenvalue weighted by Gasteiger charge is 2.23. The molecule has 0 bridgehead atoms. The second-order valence-corrected chi connectivity index (χ2v) is 8.77. The smallest absolute Gasteiger partial charge is 0.342 e. The highest BCUT2D eigenvalue weighted by atomic mass is 16.5. The van der Waals surface area contributed by atoms with E-state index in [0.29, 0.717) is 18.0 Å². The lowest BCUT2D eigenvalue weighted by Gasteiger charge is -2.36. The zero-order valence-electron chi connectivity index (χ0n) is 19.8. The zero-order chi connectivity index (χ0) is 23.9. The molecule has 0 unspecified atom stereocenters. The van der Waals surface area contributed by atoms with Crippen LogP contribution in [0.25, 0.3) is 0 Å². The zero-order valence-corrected chi connectivity index (χ0v) is 19.8. The number of carbonyl (C=O) groups is 1. The van der Waals surface area contributed by atoms with Crippen molar-refractivity contribution in [2.75, 3.05) is 36.8 Å². The van der Waals surface area contributed by atoms with Gasteiger partial charge in [-0.3, -0.25) is 4.90 Å². The maximum atomic E-state index is 12.5. The number of hydrogen-bond acceptors (Lipinski definition) is 7. The molecule has 3 aromatic rings. The van der Waals surface area contributed by atoms with Gasteiger partial charge in [0.25, 0.3) is 0 Å². The number of hydrogen-bond donors (Lipinski definition) is 1. The number of nitrogens with zero attached hydrogens (tertiary/aromatic N) is 3. The third-order valence-electron chi connectivity index (χ3n) is 5.71. The summed E-state index contributed by atoms with van der Waals surface area (Å²) in [6.07, 6.45) is 1.56. The van der Waals surface area contributed by atoms with E-state index >= 15 is 0 Å². The van der Waals surface area contributed by atoms with E-state index in [4.69, 9.17) is 15.2 Å². The summed E-state index contributed by atoms with van der Waals surface area (Å²) in [5.41, 5.74) is 9.32. The molecule has 0 spiro atoms. The highest BCUT2D eigenvalue weighted by molar-refractivity contribution is 5.94. The molecule has 1 aliphatic heterocycles. The van der Waals surface area contributed by atoms with Gasteiger partial charge in [-0.15, -0.1) is 0 Å². The van der Waals surface area contributed by atoms with Crippen molar-refractivity contribution in [3.05, 3.63) is 83.6 Å². The van der Waals surface area contributed by atoms with Gasteiger partial charge >= 0.3 is 5.97 Å². The number of anilines is 2. The molecule has 178 valence electrons. The summed E-state index contributed by atoms with van der Waals surface area (Å²) < 4.78 is 11.4. The Morgan fingerprint density at radius 3 is 2.50 bits per heavy atom. The number of ether oxygens (including phenoxy) is 2. The molecule has 2 N–H and O–H groups in total. The standard InChI is InChI=1S/C27H32N4O3/c1-20(2)34-27(32)25-7-4-12-29-26(25)31-15-13-30(14-16-31)18-22-5-3-6-24(17-22)33-19-21-8-10-23(28)11-9-21/h3-12,17,20H,13-16,18-19,28H2,1-2H3. The monoisotopic (exact) mass is 460 g/mol. The molecule has 1 aromatic heterocycles. The summed E-state index contributed by atoms with van der Waals surface area (Å²) >= 11 is 0. The normalized spacial score (nSPS) is 14.3. The molecule has 0 radical (unpaired) electrons. The molecule has 1 aliphatic rings. The van der Waals surface area contributed by atoms with Crippen molar-refractivity contribution in [2.24, 2.45) is 0 Å². The van der Waals surface area contributed by atoms with E-state index in [2.05, 4.69) is 26.9 Å². The first-order valence-corrected chi connectivity index (χ1v) is 11.7. The minimum Gasteiger partial charge on any atom is -0.489 e. The summed E-state index contributed by atoms with van der Waals surface area (Å²) in [7, 11) is 0. The number of nitrogen functional groups attached to an aromatic ring is 1. The number of esters is 1. The van der Waals surface area contributed by atoms with Gasteiger partial charge in [0.05, 0.1) is 6.10 Å². The fourth-order valence-corrected chi connectivity index (χ4v) is 3.98. The van der Waals surface area contributed by atoms with Crippen LogP contribution >= 0.6 is 0 Å². The third kappa shape index (κ3) is 6.26. The Kier molecular flexibility index (Phi) is 7.65. The van der Waals surface area contributed by atoms with Gasteiger partial charge in [-0.05, 0) is 61.4 Å². The van der Waals surface area contributed by atoms with Crippen LogP contribution in [0.3, 0.4) is 0 Å². The quantitative estimate of drug-likeness (QED) is 0.400. The molecule has 0 saturated carbocycles. The van der Waals surface area contributed by atoms with Crippen molar-refractivity contribution < 1.29 is 14.3 Å². The SMILES string of the molecule is CC(C)OC(=O)c1cccnc1N1CCN(Cc2cccc(OCc3ccc(N)cc3)c2)CC1. The fourth-order valence-electron chi connectivity index (χ4n) is 3.98. The molecule has 2 heterocycles. The van der Waals surface area contributed by atoms with Crippen molar-refractivity contribution in [1.82, 2.24) is 9.88 Å². The van der Waals surface area contributed by atoms with Crippen LogP contribution in [0.5, 0.6) is 5.75 Å². The van der Waals surface area contributed by atoms with Gasteiger partial charge in [-0.1, -0.05) is 24.3 Å². The number of piperazine rings is 1. The minimum absolute atomic E-state index is 0.163. The van der Waals surface area contributed by atoms with Crippen molar-refractivity contribution in [3.8, 4) is 5.75 Å². The molecular weight excluding hydrogens is 428 g/mol. The average molecular weight is 461 g/mol. The summed E-state index contributed by atoms with van der Waals surface area (Å²) in [4.78, 5) is 21.6. The van der Waals surface area contributed by atoms with Gasteiger partial charge in [0.2, 0.25) is 0 Å². The lowest BCUT2D eigenvalue weighted by atomic mass is 10.1. The lowest BCUT2D eigenvalue weighted by Crippen LogP contribution is -2.46. The molecule has 34 heavy (non-hydrogen) atoms. The predicted octanol–water partition coefficient (Wildman–Crippen LogP) is 4.13. The van der Waals surface area contributed by atoms with E-state index in [1.165, 1.54) is 5.56 Å². The van der Waals surface area contributed by atoms with Crippen LogP contribution in [-0.4, -0.2) is 48.1 Å². The van der Waals surface area contributed by atoms with Crippen molar-refractivity contribution in [3.63, 3.8) is 0 Å². The first kappa shape index (κ1) is 23.6. The number of rotatable bonds is 8. The summed E-state index contributed by atoms with van der Waals surface area (Å²) in [5.74, 6) is 1.23. The largest absolute Gasteiger partial charge is 0.489 e. The van der Waals surface area contributed by atoms with E-state index in [0.717, 1.165) is 49.7 Å². The van der Waals surface area contributed by atoms with Crippen molar-refractivity contribution in [2.45, 2.75) is 33.1 Å². The van der Waals surface area contributed by atoms with Crippen LogP contribution in [0.15, 0.2) is 66.9 Å². The van der Waals surface area contributed by atoms with E-state index < -0.39 is 0 Å². The second-order valence-electron chi connectivity index (χ2n) is 8.77. The Morgan fingerprint density at radius 1 is 1.00 bits per heavy atom. The van der Waals surface area contributed by atoms with E-state index in [1.54, 1.807) is 18.3 Å². The van der Waals surface area contributed by atoms with Gasteiger partial charge in [0, 0.05) is 44.6 Å². The third-order valence-corrected chi connectivity index (χ3v) is 5.71. The van der Waals surface area contributed by atoms with Crippen molar-refractivity contribution >= 4 is 17.5 Å². The average Bonchev–Trinajstić information content (AvgIpc) is 2.84. The predicted molar refractivity (Wildman–Crippen MR) is 134 cm³/mol. The number of pyridine rings is 1. The van der Waals surface area contributed by atoms with E-state index in [1.807, 2.05) is 50.2 Å². The molecular formula is C27H32N4O3. The molecule has 0 amide bonds. The van der Waals surface area contributed by atoms with Crippen LogP contribution < -0.4 is 15.4 Å². The molecule has 4 rings (SSSR count). The van der Waals surface area contributed by atoms with Gasteiger partial charge in [-0.25, -0.2) is 9.78 Å². The van der Waals surface area contributed by atoms with Gasteiger partial charge in [-0.2, -0.15) is 0 Å². The van der Waals surface area contributed by atoms with Crippen molar-refractivity contribution in [1.29, 1.82) is 0 Å². The highest BCUT2D eigenvalue weighted by Crippen LogP contribution is 2.22. The topological polar surface area (TPSA) is 80.9 Å². The molecule has 7 nitrogen and oxygen atoms in total. The summed E-state index contributed by atoms with van der Waals surface area (Å²) in [6, 6.07) is 19.5. The molecule has 0 aliphatic carbocycles. The van der Waals surface area contributed by atoms with Crippen LogP contribution in [0.4, 0.5) is 11.5 Å². The Hall–Kier alpha value is -3.58. The first-order chi connectivity index (χ1) is 16.5. The lowest BCUT2D eigenvalue weighted by molar-refractivity contribution is 0.0378. The molecule has 1 fully saturated rings. The Bertz CT molecular complexity index is 1090. The van der Waals surface area contributed by atoms with E-state index in [9.17, 15) is 4.79 Å². The number of nitrogens with two attached hydrogens (primary N) is 1. The number of benzene rings is 2. The summed E-state index contributed by atoms with van der Waals surface area (Å²) in [6.45, 7) is 8.41. The number of aromatic nitrogens is 1. The van der Waals surface area contributed by atoms with Gasteiger partial charge in [0.1, 0.15) is 23.7 Å². The fraction of sp³-hybridized carbons (Fsp3) is 0.333. The van der Waals surface area contributed by atoms with Gasteiger partial charge < -0.3 is 20.1 Å². The summed E-state index contributed by atoms with van der Waals surface area (Å²) in [5, 5.41) is 0. The molecule has 2 aromatic carbocycles. The van der Waals surface area contributed by atoms with Crippen LogP contribution in [-0.2, 0) is 17.9 Å². The van der Waals surface area contributed by atoms with Gasteiger partial charge in [0.15, 0.2) is 0 Å². The Balaban J connectivity index is 1.32. The number of carbonyl (C=O) groups excluding carboxylic acids is 1. The van der Waals surface area contributed by atoms with Crippen LogP contribution in [0, 0.1) is 0 Å².